The first-order chi connectivity index (χ1) is 8.11. The van der Waals surface area contributed by atoms with Gasteiger partial charge in [0.1, 0.15) is 5.82 Å². The highest BCUT2D eigenvalue weighted by Crippen LogP contribution is 2.32. The van der Waals surface area contributed by atoms with Crippen molar-refractivity contribution in [3.8, 4) is 0 Å². The Kier molecular flexibility index (Phi) is 3.82. The van der Waals surface area contributed by atoms with Crippen LogP contribution in [0.4, 0.5) is 4.39 Å². The van der Waals surface area contributed by atoms with Crippen molar-refractivity contribution < 1.29 is 4.39 Å². The molecule has 0 aliphatic heterocycles. The average molecular weight is 270 g/mol. The molecule has 1 aromatic carbocycles. The smallest absolute Gasteiger partial charge is 0.128 e. The van der Waals surface area contributed by atoms with Crippen LogP contribution in [0.5, 0.6) is 0 Å². The molecule has 2 rings (SSSR count). The minimum Gasteiger partial charge on any atom is -0.309 e. The molecule has 1 aromatic heterocycles. The Balaban J connectivity index is 2.42. The summed E-state index contributed by atoms with van der Waals surface area (Å²) in [5, 5.41) is 3.12. The maximum Gasteiger partial charge on any atom is 0.128 e. The fraction of sp³-hybridized carbons (Fsp3) is 0.231. The van der Waals surface area contributed by atoms with Crippen molar-refractivity contribution in [3.05, 3.63) is 56.5 Å². The Labute approximate surface area is 109 Å². The Morgan fingerprint density at radius 2 is 2.06 bits per heavy atom. The summed E-state index contributed by atoms with van der Waals surface area (Å²) in [6.07, 6.45) is 0. The molecule has 0 saturated heterocycles. The Hall–Kier alpha value is -0.900. The average Bonchev–Trinajstić information content (AvgIpc) is 2.69. The second-order valence-electron chi connectivity index (χ2n) is 3.89. The highest BCUT2D eigenvalue weighted by atomic mass is 35.5. The molecule has 1 heterocycles. The zero-order valence-corrected chi connectivity index (χ0v) is 11.2. The van der Waals surface area contributed by atoms with Gasteiger partial charge in [-0.1, -0.05) is 23.7 Å². The molecule has 1 N–H and O–H groups in total. The summed E-state index contributed by atoms with van der Waals surface area (Å²) in [5.74, 6) is -0.186. The first-order valence-corrected chi connectivity index (χ1v) is 6.50. The number of halogens is 2. The molecule has 4 heteroatoms. The molecule has 0 aliphatic carbocycles. The van der Waals surface area contributed by atoms with Crippen molar-refractivity contribution in [1.82, 2.24) is 5.32 Å². The fourth-order valence-electron chi connectivity index (χ4n) is 1.80. The summed E-state index contributed by atoms with van der Waals surface area (Å²) in [4.78, 5) is 1.01. The molecule has 1 nitrogen and oxygen atoms in total. The van der Waals surface area contributed by atoms with E-state index < -0.39 is 0 Å². The molecule has 0 bridgehead atoms. The van der Waals surface area contributed by atoms with E-state index in [0.29, 0.717) is 9.90 Å². The van der Waals surface area contributed by atoms with Crippen LogP contribution >= 0.6 is 22.9 Å². The third-order valence-corrected chi connectivity index (χ3v) is 3.93. The molecule has 0 fully saturated rings. The van der Waals surface area contributed by atoms with Gasteiger partial charge in [0.05, 0.1) is 10.4 Å². The van der Waals surface area contributed by atoms with Crippen molar-refractivity contribution in [2.45, 2.75) is 13.0 Å². The largest absolute Gasteiger partial charge is 0.309 e. The van der Waals surface area contributed by atoms with Gasteiger partial charge in [-0.15, -0.1) is 11.3 Å². The first kappa shape index (κ1) is 12.6. The molecular formula is C13H13ClFNS. The SMILES string of the molecule is CNC(c1ccc(Cl)s1)c1ccc(C)cc1F. The van der Waals surface area contributed by atoms with Gasteiger partial charge in [0.25, 0.3) is 0 Å². The molecule has 0 amide bonds. The Morgan fingerprint density at radius 3 is 2.59 bits per heavy atom. The summed E-state index contributed by atoms with van der Waals surface area (Å²) < 4.78 is 14.6. The predicted octanol–water partition coefficient (Wildman–Crippen LogP) is 4.16. The highest BCUT2D eigenvalue weighted by Gasteiger charge is 2.17. The molecule has 1 unspecified atom stereocenters. The number of hydrogen-bond donors (Lipinski definition) is 1. The lowest BCUT2D eigenvalue weighted by Gasteiger charge is -2.16. The Bertz CT molecular complexity index is 524. The molecule has 17 heavy (non-hydrogen) atoms. The van der Waals surface area contributed by atoms with Gasteiger partial charge in [0, 0.05) is 10.4 Å². The number of aryl methyl sites for hydroxylation is 1. The maximum atomic E-state index is 13.9. The summed E-state index contributed by atoms with van der Waals surface area (Å²) in [5.41, 5.74) is 1.57. The van der Waals surface area contributed by atoms with Crippen molar-refractivity contribution in [1.29, 1.82) is 0 Å². The zero-order chi connectivity index (χ0) is 12.4. The minimum absolute atomic E-state index is 0.145. The zero-order valence-electron chi connectivity index (χ0n) is 9.63. The van der Waals surface area contributed by atoms with Gasteiger partial charge < -0.3 is 5.32 Å². The van der Waals surface area contributed by atoms with Crippen LogP contribution in [0.25, 0.3) is 0 Å². The van der Waals surface area contributed by atoms with Crippen LogP contribution in [0.3, 0.4) is 0 Å². The van der Waals surface area contributed by atoms with Gasteiger partial charge in [-0.25, -0.2) is 4.39 Å². The Morgan fingerprint density at radius 1 is 1.29 bits per heavy atom. The second-order valence-corrected chi connectivity index (χ2v) is 5.64. The maximum absolute atomic E-state index is 13.9. The van der Waals surface area contributed by atoms with Crippen LogP contribution in [-0.4, -0.2) is 7.05 Å². The van der Waals surface area contributed by atoms with Gasteiger partial charge in [-0.3, -0.25) is 0 Å². The van der Waals surface area contributed by atoms with E-state index in [0.717, 1.165) is 10.4 Å². The van der Waals surface area contributed by atoms with E-state index in [1.165, 1.54) is 11.3 Å². The van der Waals surface area contributed by atoms with Crippen LogP contribution in [0.15, 0.2) is 30.3 Å². The predicted molar refractivity (Wildman–Crippen MR) is 71.4 cm³/mol. The summed E-state index contributed by atoms with van der Waals surface area (Å²) in [6, 6.07) is 8.89. The van der Waals surface area contributed by atoms with E-state index >= 15 is 0 Å². The van der Waals surface area contributed by atoms with Crippen molar-refractivity contribution in [2.24, 2.45) is 0 Å². The van der Waals surface area contributed by atoms with Crippen LogP contribution < -0.4 is 5.32 Å². The number of rotatable bonds is 3. The number of thiophene rings is 1. The van der Waals surface area contributed by atoms with E-state index in [1.807, 2.05) is 38.2 Å². The third-order valence-electron chi connectivity index (χ3n) is 2.63. The minimum atomic E-state index is -0.186. The topological polar surface area (TPSA) is 12.0 Å². The van der Waals surface area contributed by atoms with Crippen LogP contribution in [0.2, 0.25) is 4.34 Å². The number of nitrogens with one attached hydrogen (secondary N) is 1. The van der Waals surface area contributed by atoms with Crippen LogP contribution in [0, 0.1) is 12.7 Å². The lowest BCUT2D eigenvalue weighted by atomic mass is 10.0. The molecular weight excluding hydrogens is 257 g/mol. The van der Waals surface area contributed by atoms with Gasteiger partial charge >= 0.3 is 0 Å². The van der Waals surface area contributed by atoms with Crippen molar-refractivity contribution in [3.63, 3.8) is 0 Å². The second kappa shape index (κ2) is 5.17. The molecule has 90 valence electrons. The standard InChI is InChI=1S/C13H13ClFNS/c1-8-3-4-9(10(15)7-8)13(16-2)11-5-6-12(14)17-11/h3-7,13,16H,1-2H3. The summed E-state index contributed by atoms with van der Waals surface area (Å²) >= 11 is 7.38. The van der Waals surface area contributed by atoms with E-state index in [-0.39, 0.29) is 11.9 Å². The first-order valence-electron chi connectivity index (χ1n) is 5.30. The molecule has 2 aromatic rings. The lowest BCUT2D eigenvalue weighted by molar-refractivity contribution is 0.578. The quantitative estimate of drug-likeness (QED) is 0.882. The van der Waals surface area contributed by atoms with E-state index in [1.54, 1.807) is 6.07 Å². The lowest BCUT2D eigenvalue weighted by Crippen LogP contribution is -2.17. The van der Waals surface area contributed by atoms with Gasteiger partial charge in [0.15, 0.2) is 0 Å². The molecule has 0 aliphatic rings. The van der Waals surface area contributed by atoms with Gasteiger partial charge in [0.2, 0.25) is 0 Å². The molecule has 0 saturated carbocycles. The van der Waals surface area contributed by atoms with Crippen molar-refractivity contribution >= 4 is 22.9 Å². The monoisotopic (exact) mass is 269 g/mol. The fourth-order valence-corrected chi connectivity index (χ4v) is 2.99. The van der Waals surface area contributed by atoms with E-state index in [4.69, 9.17) is 11.6 Å². The van der Waals surface area contributed by atoms with Crippen LogP contribution in [-0.2, 0) is 0 Å². The highest BCUT2D eigenvalue weighted by molar-refractivity contribution is 7.16. The van der Waals surface area contributed by atoms with E-state index in [2.05, 4.69) is 5.32 Å². The van der Waals surface area contributed by atoms with E-state index in [9.17, 15) is 4.39 Å². The third kappa shape index (κ3) is 2.68. The van der Waals surface area contributed by atoms with Crippen molar-refractivity contribution in [2.75, 3.05) is 7.05 Å². The summed E-state index contributed by atoms with van der Waals surface area (Å²) in [7, 11) is 1.82. The summed E-state index contributed by atoms with van der Waals surface area (Å²) in [6.45, 7) is 1.88. The number of benzene rings is 1. The van der Waals surface area contributed by atoms with Gasteiger partial charge in [-0.05, 0) is 37.7 Å². The number of hydrogen-bond acceptors (Lipinski definition) is 2. The molecule has 0 spiro atoms. The van der Waals surface area contributed by atoms with Gasteiger partial charge in [-0.2, -0.15) is 0 Å². The van der Waals surface area contributed by atoms with Crippen LogP contribution in [0.1, 0.15) is 22.0 Å². The molecule has 0 radical (unpaired) electrons. The normalized spacial score (nSPS) is 12.7. The molecule has 1 atom stereocenters.